The van der Waals surface area contributed by atoms with Crippen molar-refractivity contribution in [1.29, 1.82) is 0 Å². The molecule has 0 saturated heterocycles. The Bertz CT molecular complexity index is 970. The van der Waals surface area contributed by atoms with Crippen LogP contribution < -0.4 is 0 Å². The molecule has 118 valence electrons. The van der Waals surface area contributed by atoms with Crippen LogP contribution in [0.4, 0.5) is 0 Å². The molecule has 2 aromatic heterocycles. The number of rotatable bonds is 4. The minimum Gasteiger partial charge on any atom is -0.342 e. The van der Waals surface area contributed by atoms with E-state index in [9.17, 15) is 0 Å². The Morgan fingerprint density at radius 2 is 1.92 bits per heavy atom. The van der Waals surface area contributed by atoms with Crippen LogP contribution in [0.5, 0.6) is 0 Å². The minimum absolute atomic E-state index is 0.638. The first kappa shape index (κ1) is 15.2. The van der Waals surface area contributed by atoms with Gasteiger partial charge in [-0.3, -0.25) is 4.98 Å². The van der Waals surface area contributed by atoms with E-state index in [4.69, 9.17) is 11.6 Å². The molecule has 0 radical (unpaired) electrons. The molecule has 0 unspecified atom stereocenters. The number of aromatic nitrogens is 4. The summed E-state index contributed by atoms with van der Waals surface area (Å²) in [6, 6.07) is 14.2. The van der Waals surface area contributed by atoms with Gasteiger partial charge in [-0.2, -0.15) is 0 Å². The minimum atomic E-state index is 0.638. The highest BCUT2D eigenvalue weighted by Gasteiger charge is 2.12. The largest absolute Gasteiger partial charge is 0.342 e. The van der Waals surface area contributed by atoms with E-state index < -0.39 is 0 Å². The second-order valence-corrected chi connectivity index (χ2v) is 6.71. The Labute approximate surface area is 148 Å². The van der Waals surface area contributed by atoms with Crippen LogP contribution in [-0.2, 0) is 6.42 Å². The zero-order valence-electron chi connectivity index (χ0n) is 12.6. The van der Waals surface area contributed by atoms with Crippen LogP contribution in [0.25, 0.3) is 11.0 Å². The van der Waals surface area contributed by atoms with Crippen molar-refractivity contribution in [2.24, 2.45) is 0 Å². The van der Waals surface area contributed by atoms with Crippen LogP contribution in [0.2, 0.25) is 5.02 Å². The number of fused-ring (bicyclic) bond motifs is 1. The first-order chi connectivity index (χ1) is 11.8. The molecule has 0 bridgehead atoms. The molecule has 4 rings (SSSR count). The second-order valence-electron chi connectivity index (χ2n) is 5.27. The SMILES string of the molecule is Clc1c(Sc2cnccn2)ccc2[nH]c(Cc3ccccc3)nc12. The molecule has 0 aliphatic heterocycles. The Morgan fingerprint density at radius 1 is 1.04 bits per heavy atom. The van der Waals surface area contributed by atoms with Gasteiger partial charge in [0.2, 0.25) is 0 Å². The van der Waals surface area contributed by atoms with Crippen molar-refractivity contribution in [3.63, 3.8) is 0 Å². The van der Waals surface area contributed by atoms with Gasteiger partial charge in [-0.15, -0.1) is 0 Å². The lowest BCUT2D eigenvalue weighted by Gasteiger charge is -2.03. The molecule has 6 heteroatoms. The average Bonchev–Trinajstić information content (AvgIpc) is 3.03. The van der Waals surface area contributed by atoms with E-state index in [1.807, 2.05) is 30.3 Å². The van der Waals surface area contributed by atoms with E-state index in [0.29, 0.717) is 5.02 Å². The molecule has 4 nitrogen and oxygen atoms in total. The topological polar surface area (TPSA) is 54.5 Å². The smallest absolute Gasteiger partial charge is 0.119 e. The van der Waals surface area contributed by atoms with Crippen LogP contribution in [0.1, 0.15) is 11.4 Å². The molecule has 0 saturated carbocycles. The second kappa shape index (κ2) is 6.63. The highest BCUT2D eigenvalue weighted by atomic mass is 35.5. The quantitative estimate of drug-likeness (QED) is 0.576. The van der Waals surface area contributed by atoms with Crippen molar-refractivity contribution >= 4 is 34.4 Å². The number of hydrogen-bond donors (Lipinski definition) is 1. The maximum atomic E-state index is 6.56. The van der Waals surface area contributed by atoms with Crippen LogP contribution in [0.3, 0.4) is 0 Å². The molecule has 0 fully saturated rings. The highest BCUT2D eigenvalue weighted by molar-refractivity contribution is 7.99. The van der Waals surface area contributed by atoms with Gasteiger partial charge in [0.05, 0.1) is 16.7 Å². The lowest BCUT2D eigenvalue weighted by Crippen LogP contribution is -1.89. The summed E-state index contributed by atoms with van der Waals surface area (Å²) in [4.78, 5) is 17.3. The number of nitrogens with zero attached hydrogens (tertiary/aromatic N) is 3. The zero-order valence-corrected chi connectivity index (χ0v) is 14.2. The summed E-state index contributed by atoms with van der Waals surface area (Å²) in [6.45, 7) is 0. The van der Waals surface area contributed by atoms with E-state index in [2.05, 4.69) is 32.1 Å². The van der Waals surface area contributed by atoms with Gasteiger partial charge >= 0.3 is 0 Å². The maximum Gasteiger partial charge on any atom is 0.119 e. The van der Waals surface area contributed by atoms with Crippen molar-refractivity contribution in [3.8, 4) is 0 Å². The molecule has 4 aromatic rings. The summed E-state index contributed by atoms with van der Waals surface area (Å²) in [5.74, 6) is 0.903. The fraction of sp³-hybridized carbons (Fsp3) is 0.0556. The fourth-order valence-corrected chi connectivity index (χ4v) is 3.57. The summed E-state index contributed by atoms with van der Waals surface area (Å²) in [7, 11) is 0. The van der Waals surface area contributed by atoms with Crippen molar-refractivity contribution in [1.82, 2.24) is 19.9 Å². The maximum absolute atomic E-state index is 6.56. The van der Waals surface area contributed by atoms with Gasteiger partial charge in [-0.05, 0) is 17.7 Å². The molecular weight excluding hydrogens is 340 g/mol. The van der Waals surface area contributed by atoms with Crippen molar-refractivity contribution < 1.29 is 0 Å². The van der Waals surface area contributed by atoms with Crippen molar-refractivity contribution in [2.45, 2.75) is 16.3 Å². The molecule has 0 atom stereocenters. The summed E-state index contributed by atoms with van der Waals surface area (Å²) < 4.78 is 0. The van der Waals surface area contributed by atoms with E-state index in [0.717, 1.165) is 33.2 Å². The number of hydrogen-bond acceptors (Lipinski definition) is 4. The molecule has 1 N–H and O–H groups in total. The molecule has 2 heterocycles. The monoisotopic (exact) mass is 352 g/mol. The van der Waals surface area contributed by atoms with Crippen LogP contribution in [0, 0.1) is 0 Å². The number of nitrogens with one attached hydrogen (secondary N) is 1. The average molecular weight is 353 g/mol. The van der Waals surface area contributed by atoms with E-state index in [-0.39, 0.29) is 0 Å². The number of H-pyrrole nitrogens is 1. The van der Waals surface area contributed by atoms with Gasteiger partial charge in [0.25, 0.3) is 0 Å². The molecule has 0 spiro atoms. The summed E-state index contributed by atoms with van der Waals surface area (Å²) in [6.07, 6.45) is 5.79. The first-order valence-corrected chi connectivity index (χ1v) is 8.64. The van der Waals surface area contributed by atoms with Crippen LogP contribution >= 0.6 is 23.4 Å². The Morgan fingerprint density at radius 3 is 2.71 bits per heavy atom. The van der Waals surface area contributed by atoms with E-state index in [1.165, 1.54) is 17.3 Å². The normalized spacial score (nSPS) is 11.0. The lowest BCUT2D eigenvalue weighted by atomic mass is 10.1. The molecule has 24 heavy (non-hydrogen) atoms. The number of benzene rings is 2. The van der Waals surface area contributed by atoms with Crippen molar-refractivity contribution in [3.05, 3.63) is 77.5 Å². The van der Waals surface area contributed by atoms with Crippen LogP contribution in [-0.4, -0.2) is 19.9 Å². The third-order valence-corrected chi connectivity index (χ3v) is 5.05. The Kier molecular flexibility index (Phi) is 4.19. The third kappa shape index (κ3) is 3.13. The van der Waals surface area contributed by atoms with Gasteiger partial charge in [0, 0.05) is 23.7 Å². The van der Waals surface area contributed by atoms with Gasteiger partial charge < -0.3 is 4.98 Å². The summed E-state index contributed by atoms with van der Waals surface area (Å²) in [5.41, 5.74) is 2.94. The van der Waals surface area contributed by atoms with Gasteiger partial charge in [-0.25, -0.2) is 9.97 Å². The lowest BCUT2D eigenvalue weighted by molar-refractivity contribution is 1.04. The molecule has 0 amide bonds. The standard InChI is InChI=1S/C18H13ClN4S/c19-17-14(24-16-11-20-8-9-21-16)7-6-13-18(17)23-15(22-13)10-12-4-2-1-3-5-12/h1-9,11H,10H2,(H,22,23). The Balaban J connectivity index is 1.66. The van der Waals surface area contributed by atoms with Gasteiger partial charge in [0.15, 0.2) is 0 Å². The number of aromatic amines is 1. The first-order valence-electron chi connectivity index (χ1n) is 7.44. The van der Waals surface area contributed by atoms with E-state index >= 15 is 0 Å². The van der Waals surface area contributed by atoms with Crippen LogP contribution in [0.15, 0.2) is 71.0 Å². The van der Waals surface area contributed by atoms with Gasteiger partial charge in [0.1, 0.15) is 16.4 Å². The predicted molar refractivity (Wildman–Crippen MR) is 96.5 cm³/mol. The summed E-state index contributed by atoms with van der Waals surface area (Å²) in [5, 5.41) is 1.44. The highest BCUT2D eigenvalue weighted by Crippen LogP contribution is 2.36. The number of halogens is 1. The van der Waals surface area contributed by atoms with Gasteiger partial charge in [-0.1, -0.05) is 53.7 Å². The number of imidazole rings is 1. The zero-order chi connectivity index (χ0) is 16.4. The molecule has 2 aromatic carbocycles. The fourth-order valence-electron chi connectivity index (χ4n) is 2.48. The molecule has 0 aliphatic rings. The molecular formula is C18H13ClN4S. The predicted octanol–water partition coefficient (Wildman–Crippen LogP) is 4.75. The summed E-state index contributed by atoms with van der Waals surface area (Å²) >= 11 is 8.04. The van der Waals surface area contributed by atoms with E-state index in [1.54, 1.807) is 18.6 Å². The molecule has 0 aliphatic carbocycles. The third-order valence-electron chi connectivity index (χ3n) is 3.57. The Hall–Kier alpha value is -2.37. The van der Waals surface area contributed by atoms with Crippen molar-refractivity contribution in [2.75, 3.05) is 0 Å².